The second kappa shape index (κ2) is 13.4. The van der Waals surface area contributed by atoms with Gasteiger partial charge in [-0.3, -0.25) is 4.79 Å². The van der Waals surface area contributed by atoms with Crippen LogP contribution in [0.3, 0.4) is 0 Å². The van der Waals surface area contributed by atoms with Gasteiger partial charge >= 0.3 is 0 Å². The molecular weight excluding hydrogens is 420 g/mol. The number of rotatable bonds is 12. The Kier molecular flexibility index (Phi) is 10.2. The number of hydrogen-bond acceptors (Lipinski definition) is 3. The third kappa shape index (κ3) is 7.75. The summed E-state index contributed by atoms with van der Waals surface area (Å²) in [4.78, 5) is 12.9. The SMILES string of the molecule is CCCCCCCOc1ccc(COc2ccc(/C=C3\C(=O)C(C(C)C)CCC3C)cc2)cc1. The molecule has 1 fully saturated rings. The Balaban J connectivity index is 1.48. The van der Waals surface area contributed by atoms with E-state index in [-0.39, 0.29) is 5.92 Å². The van der Waals surface area contributed by atoms with Crippen molar-refractivity contribution >= 4 is 11.9 Å². The summed E-state index contributed by atoms with van der Waals surface area (Å²) in [6.45, 7) is 10.0. The van der Waals surface area contributed by atoms with Gasteiger partial charge in [0.15, 0.2) is 5.78 Å². The van der Waals surface area contributed by atoms with Crippen LogP contribution in [0.1, 0.15) is 83.8 Å². The molecule has 3 heteroatoms. The maximum Gasteiger partial charge on any atom is 0.162 e. The molecule has 1 aliphatic carbocycles. The minimum Gasteiger partial charge on any atom is -0.494 e. The molecule has 0 radical (unpaired) electrons. The summed E-state index contributed by atoms with van der Waals surface area (Å²) in [7, 11) is 0. The molecule has 1 aliphatic rings. The van der Waals surface area contributed by atoms with E-state index in [2.05, 4.69) is 45.9 Å². The quantitative estimate of drug-likeness (QED) is 0.235. The van der Waals surface area contributed by atoms with Crippen LogP contribution in [0.2, 0.25) is 0 Å². The Morgan fingerprint density at radius 2 is 1.53 bits per heavy atom. The number of carbonyl (C=O) groups is 1. The lowest BCUT2D eigenvalue weighted by molar-refractivity contribution is -0.122. The van der Waals surface area contributed by atoms with Gasteiger partial charge < -0.3 is 9.47 Å². The molecule has 34 heavy (non-hydrogen) atoms. The van der Waals surface area contributed by atoms with E-state index in [4.69, 9.17) is 9.47 Å². The van der Waals surface area contributed by atoms with E-state index in [0.717, 1.165) is 54.1 Å². The highest BCUT2D eigenvalue weighted by Gasteiger charge is 2.32. The first kappa shape index (κ1) is 26.1. The molecule has 0 heterocycles. The van der Waals surface area contributed by atoms with Gasteiger partial charge in [-0.1, -0.05) is 77.6 Å². The number of ketones is 1. The maximum absolute atomic E-state index is 12.9. The molecule has 3 nitrogen and oxygen atoms in total. The molecule has 2 aromatic carbocycles. The minimum atomic E-state index is 0.160. The molecule has 1 saturated carbocycles. The zero-order valence-electron chi connectivity index (χ0n) is 21.5. The van der Waals surface area contributed by atoms with E-state index in [1.807, 2.05) is 36.4 Å². The summed E-state index contributed by atoms with van der Waals surface area (Å²) in [5, 5.41) is 0. The number of unbranched alkanes of at least 4 members (excludes halogenated alkanes) is 4. The molecule has 2 unspecified atom stereocenters. The molecule has 2 aromatic rings. The Bertz CT molecular complexity index is 909. The fraction of sp³-hybridized carbons (Fsp3) is 0.516. The molecule has 0 aliphatic heterocycles. The number of Topliss-reactive ketones (excluding diaryl/α,β-unsaturated/α-hetero) is 1. The Morgan fingerprint density at radius 1 is 0.882 bits per heavy atom. The summed E-state index contributed by atoms with van der Waals surface area (Å²) in [6, 6.07) is 16.2. The number of ether oxygens (including phenoxy) is 2. The highest BCUT2D eigenvalue weighted by atomic mass is 16.5. The molecule has 3 rings (SSSR count). The van der Waals surface area contributed by atoms with Crippen molar-refractivity contribution in [1.82, 2.24) is 0 Å². The predicted octanol–water partition coefficient (Wildman–Crippen LogP) is 8.27. The smallest absolute Gasteiger partial charge is 0.162 e. The van der Waals surface area contributed by atoms with E-state index in [1.54, 1.807) is 0 Å². The molecule has 0 bridgehead atoms. The largest absolute Gasteiger partial charge is 0.494 e. The van der Waals surface area contributed by atoms with Crippen LogP contribution in [0.25, 0.3) is 6.08 Å². The molecule has 0 saturated heterocycles. The summed E-state index contributed by atoms with van der Waals surface area (Å²) >= 11 is 0. The first-order valence-corrected chi connectivity index (χ1v) is 13.2. The van der Waals surface area contributed by atoms with Crippen molar-refractivity contribution in [1.29, 1.82) is 0 Å². The van der Waals surface area contributed by atoms with Gasteiger partial charge in [-0.25, -0.2) is 0 Å². The van der Waals surface area contributed by atoms with Crippen LogP contribution < -0.4 is 9.47 Å². The van der Waals surface area contributed by atoms with Gasteiger partial charge in [0.05, 0.1) is 6.61 Å². The summed E-state index contributed by atoms with van der Waals surface area (Å²) in [6.07, 6.45) is 10.4. The lowest BCUT2D eigenvalue weighted by Crippen LogP contribution is -2.30. The number of benzene rings is 2. The predicted molar refractivity (Wildman–Crippen MR) is 141 cm³/mol. The van der Waals surface area contributed by atoms with Gasteiger partial charge in [0, 0.05) is 5.92 Å². The van der Waals surface area contributed by atoms with Crippen molar-refractivity contribution in [3.63, 3.8) is 0 Å². The van der Waals surface area contributed by atoms with Gasteiger partial charge in [0.1, 0.15) is 18.1 Å². The first-order valence-electron chi connectivity index (χ1n) is 13.2. The Morgan fingerprint density at radius 3 is 2.21 bits per heavy atom. The average molecular weight is 463 g/mol. The third-order valence-electron chi connectivity index (χ3n) is 6.92. The van der Waals surface area contributed by atoms with Gasteiger partial charge in [-0.05, 0) is 78.1 Å². The summed E-state index contributed by atoms with van der Waals surface area (Å²) in [5.74, 6) is 2.97. The van der Waals surface area contributed by atoms with Gasteiger partial charge in [0.2, 0.25) is 0 Å². The second-order valence-electron chi connectivity index (χ2n) is 10.1. The zero-order chi connectivity index (χ0) is 24.3. The minimum absolute atomic E-state index is 0.160. The lowest BCUT2D eigenvalue weighted by Gasteiger charge is -2.30. The number of allylic oxidation sites excluding steroid dienone is 1. The molecule has 0 amide bonds. The van der Waals surface area contributed by atoms with E-state index < -0.39 is 0 Å². The van der Waals surface area contributed by atoms with Crippen LogP contribution >= 0.6 is 0 Å². The van der Waals surface area contributed by atoms with Gasteiger partial charge in [-0.2, -0.15) is 0 Å². The van der Waals surface area contributed by atoms with Crippen LogP contribution in [-0.2, 0) is 11.4 Å². The Hall–Kier alpha value is -2.55. The maximum atomic E-state index is 12.9. The van der Waals surface area contributed by atoms with Crippen LogP contribution in [0, 0.1) is 17.8 Å². The molecule has 184 valence electrons. The zero-order valence-corrected chi connectivity index (χ0v) is 21.5. The van der Waals surface area contributed by atoms with Crippen molar-refractivity contribution in [2.45, 2.75) is 79.2 Å². The lowest BCUT2D eigenvalue weighted by atomic mass is 9.73. The fourth-order valence-electron chi connectivity index (χ4n) is 4.61. The second-order valence-corrected chi connectivity index (χ2v) is 10.1. The van der Waals surface area contributed by atoms with E-state index in [9.17, 15) is 4.79 Å². The standard InChI is InChI=1S/C31H42O3/c1-5-6-7-8-9-20-33-27-17-13-26(14-18-27)22-34-28-15-11-25(12-16-28)21-30-24(4)10-19-29(23(2)3)31(30)32/h11-18,21,23-24,29H,5-10,19-20,22H2,1-4H3/b30-21-. The van der Waals surface area contributed by atoms with E-state index >= 15 is 0 Å². The van der Waals surface area contributed by atoms with Crippen molar-refractivity contribution < 1.29 is 14.3 Å². The highest BCUT2D eigenvalue weighted by molar-refractivity contribution is 6.02. The fourth-order valence-corrected chi connectivity index (χ4v) is 4.61. The van der Waals surface area contributed by atoms with Crippen LogP contribution in [0.5, 0.6) is 11.5 Å². The first-order chi connectivity index (χ1) is 16.5. The van der Waals surface area contributed by atoms with Crippen molar-refractivity contribution in [3.05, 3.63) is 65.2 Å². The molecule has 0 N–H and O–H groups in total. The van der Waals surface area contributed by atoms with Crippen LogP contribution in [-0.4, -0.2) is 12.4 Å². The molecular formula is C31H42O3. The number of carbonyl (C=O) groups excluding carboxylic acids is 1. The van der Waals surface area contributed by atoms with E-state index in [0.29, 0.717) is 24.2 Å². The average Bonchev–Trinajstić information content (AvgIpc) is 2.84. The van der Waals surface area contributed by atoms with Crippen LogP contribution in [0.15, 0.2) is 54.1 Å². The summed E-state index contributed by atoms with van der Waals surface area (Å²) in [5.41, 5.74) is 3.15. The van der Waals surface area contributed by atoms with Crippen molar-refractivity contribution in [3.8, 4) is 11.5 Å². The highest BCUT2D eigenvalue weighted by Crippen LogP contribution is 2.35. The van der Waals surface area contributed by atoms with Crippen molar-refractivity contribution in [2.75, 3.05) is 6.61 Å². The molecule has 2 atom stereocenters. The molecule has 0 spiro atoms. The van der Waals surface area contributed by atoms with Crippen LogP contribution in [0.4, 0.5) is 0 Å². The summed E-state index contributed by atoms with van der Waals surface area (Å²) < 4.78 is 11.8. The topological polar surface area (TPSA) is 35.5 Å². The monoisotopic (exact) mass is 462 g/mol. The third-order valence-corrected chi connectivity index (χ3v) is 6.92. The normalized spacial score (nSPS) is 19.6. The Labute approximate surface area is 206 Å². The van der Waals surface area contributed by atoms with Gasteiger partial charge in [-0.15, -0.1) is 0 Å². The van der Waals surface area contributed by atoms with Gasteiger partial charge in [0.25, 0.3) is 0 Å². The van der Waals surface area contributed by atoms with E-state index in [1.165, 1.54) is 25.7 Å². The van der Waals surface area contributed by atoms with Crippen molar-refractivity contribution in [2.24, 2.45) is 17.8 Å². The number of hydrogen-bond donors (Lipinski definition) is 0. The molecule has 0 aromatic heterocycles.